The Kier molecular flexibility index (Phi) is 3.66. The summed E-state index contributed by atoms with van der Waals surface area (Å²) >= 11 is 0. The first kappa shape index (κ1) is 13.3. The Morgan fingerprint density at radius 1 is 1.58 bits per heavy atom. The first-order valence-electron chi connectivity index (χ1n) is 6.07. The quantitative estimate of drug-likeness (QED) is 0.487. The number of nitrogens with zero attached hydrogens (tertiary/aromatic N) is 2. The predicted octanol–water partition coefficient (Wildman–Crippen LogP) is 1.36. The van der Waals surface area contributed by atoms with Gasteiger partial charge in [-0.3, -0.25) is 20.8 Å². The van der Waals surface area contributed by atoms with Crippen molar-refractivity contribution < 1.29 is 9.72 Å². The lowest BCUT2D eigenvalue weighted by atomic mass is 10.1. The van der Waals surface area contributed by atoms with Crippen LogP contribution in [0.4, 0.5) is 11.4 Å². The van der Waals surface area contributed by atoms with Crippen molar-refractivity contribution >= 4 is 17.3 Å². The first-order chi connectivity index (χ1) is 9.02. The summed E-state index contributed by atoms with van der Waals surface area (Å²) in [6.45, 7) is 3.48. The van der Waals surface area contributed by atoms with Crippen molar-refractivity contribution in [2.75, 3.05) is 18.5 Å². The Bertz CT molecular complexity index is 518. The van der Waals surface area contributed by atoms with Gasteiger partial charge in [0.2, 0.25) is 0 Å². The third-order valence-electron chi connectivity index (χ3n) is 3.31. The number of nitro groups is 1. The number of anilines is 1. The minimum atomic E-state index is -0.557. The van der Waals surface area contributed by atoms with Crippen LogP contribution in [0.1, 0.15) is 23.7 Å². The molecule has 1 aromatic rings. The lowest BCUT2D eigenvalue weighted by Gasteiger charge is -2.16. The van der Waals surface area contributed by atoms with Crippen LogP contribution in [-0.2, 0) is 0 Å². The monoisotopic (exact) mass is 264 g/mol. The topological polar surface area (TPSA) is 102 Å². The molecule has 2 rings (SSSR count). The van der Waals surface area contributed by atoms with Crippen LogP contribution >= 0.6 is 0 Å². The number of carbonyl (C=O) groups excluding carboxylic acids is 1. The summed E-state index contributed by atoms with van der Waals surface area (Å²) in [4.78, 5) is 24.3. The molecule has 0 spiro atoms. The molecule has 1 saturated heterocycles. The second kappa shape index (κ2) is 5.23. The van der Waals surface area contributed by atoms with Gasteiger partial charge in [0.1, 0.15) is 5.69 Å². The number of nitrogens with two attached hydrogens (primary N) is 1. The number of rotatable bonds is 3. The predicted molar refractivity (Wildman–Crippen MR) is 70.6 cm³/mol. The van der Waals surface area contributed by atoms with E-state index in [9.17, 15) is 14.9 Å². The maximum Gasteiger partial charge on any atom is 0.294 e. The van der Waals surface area contributed by atoms with Gasteiger partial charge in [-0.1, -0.05) is 6.92 Å². The van der Waals surface area contributed by atoms with Crippen molar-refractivity contribution in [1.29, 1.82) is 0 Å². The summed E-state index contributed by atoms with van der Waals surface area (Å²) in [5, 5.41) is 10.9. The van der Waals surface area contributed by atoms with E-state index in [2.05, 4.69) is 12.3 Å². The maximum absolute atomic E-state index is 12.2. The fraction of sp³-hybridized carbons (Fsp3) is 0.417. The summed E-state index contributed by atoms with van der Waals surface area (Å²) < 4.78 is 0. The van der Waals surface area contributed by atoms with Gasteiger partial charge < -0.3 is 10.3 Å². The highest BCUT2D eigenvalue weighted by Gasteiger charge is 2.26. The standard InChI is InChI=1S/C12H16N4O3/c1-8-4-5-15(7-8)12(17)9-2-3-10(14-13)11(6-9)16(18)19/h2-3,6,8,14H,4-5,7,13H2,1H3. The molecule has 1 aromatic carbocycles. The zero-order valence-electron chi connectivity index (χ0n) is 10.6. The smallest absolute Gasteiger partial charge is 0.294 e. The fourth-order valence-electron chi connectivity index (χ4n) is 2.24. The van der Waals surface area contributed by atoms with Gasteiger partial charge in [0.15, 0.2) is 0 Å². The zero-order valence-corrected chi connectivity index (χ0v) is 10.6. The van der Waals surface area contributed by atoms with Gasteiger partial charge in [0, 0.05) is 24.7 Å². The van der Waals surface area contributed by atoms with Crippen molar-refractivity contribution in [3.8, 4) is 0 Å². The van der Waals surface area contributed by atoms with Crippen LogP contribution in [0.3, 0.4) is 0 Å². The fourth-order valence-corrected chi connectivity index (χ4v) is 2.24. The summed E-state index contributed by atoms with van der Waals surface area (Å²) in [7, 11) is 0. The Labute approximate surface area is 110 Å². The third-order valence-corrected chi connectivity index (χ3v) is 3.31. The summed E-state index contributed by atoms with van der Waals surface area (Å²) in [5.41, 5.74) is 2.57. The molecule has 1 aliphatic heterocycles. The van der Waals surface area contributed by atoms with Gasteiger partial charge in [-0.25, -0.2) is 0 Å². The van der Waals surface area contributed by atoms with Gasteiger partial charge in [0.05, 0.1) is 4.92 Å². The van der Waals surface area contributed by atoms with Crippen molar-refractivity contribution in [1.82, 2.24) is 4.90 Å². The van der Waals surface area contributed by atoms with Crippen LogP contribution in [0.25, 0.3) is 0 Å². The van der Waals surface area contributed by atoms with Gasteiger partial charge in [-0.15, -0.1) is 0 Å². The summed E-state index contributed by atoms with van der Waals surface area (Å²) in [5.74, 6) is 5.51. The van der Waals surface area contributed by atoms with E-state index in [4.69, 9.17) is 5.84 Å². The highest BCUT2D eigenvalue weighted by molar-refractivity contribution is 5.95. The Balaban J connectivity index is 2.28. The average Bonchev–Trinajstić information content (AvgIpc) is 2.83. The molecule has 1 aliphatic rings. The van der Waals surface area contributed by atoms with Crippen LogP contribution in [0.5, 0.6) is 0 Å². The molecule has 1 heterocycles. The van der Waals surface area contributed by atoms with E-state index in [1.54, 1.807) is 11.0 Å². The first-order valence-corrected chi connectivity index (χ1v) is 6.07. The Morgan fingerprint density at radius 3 is 2.84 bits per heavy atom. The van der Waals surface area contributed by atoms with Gasteiger partial charge in [0.25, 0.3) is 11.6 Å². The van der Waals surface area contributed by atoms with E-state index in [-0.39, 0.29) is 17.3 Å². The molecule has 19 heavy (non-hydrogen) atoms. The molecule has 0 radical (unpaired) electrons. The van der Waals surface area contributed by atoms with Gasteiger partial charge in [-0.2, -0.15) is 0 Å². The molecule has 0 bridgehead atoms. The van der Waals surface area contributed by atoms with Crippen molar-refractivity contribution in [3.05, 3.63) is 33.9 Å². The number of nitrogen functional groups attached to an aromatic ring is 1. The van der Waals surface area contributed by atoms with Crippen molar-refractivity contribution in [2.45, 2.75) is 13.3 Å². The molecule has 1 amide bonds. The number of hydrogen-bond donors (Lipinski definition) is 2. The van der Waals surface area contributed by atoms with Crippen LogP contribution in [0.15, 0.2) is 18.2 Å². The highest BCUT2D eigenvalue weighted by Crippen LogP contribution is 2.26. The number of amides is 1. The zero-order chi connectivity index (χ0) is 14.0. The van der Waals surface area contributed by atoms with Crippen molar-refractivity contribution in [2.24, 2.45) is 11.8 Å². The maximum atomic E-state index is 12.2. The number of benzene rings is 1. The number of nitro benzene ring substituents is 1. The second-order valence-corrected chi connectivity index (χ2v) is 4.78. The SMILES string of the molecule is CC1CCN(C(=O)c2ccc(NN)c([N+](=O)[O-])c2)C1. The van der Waals surface area contributed by atoms with Crippen LogP contribution in [0.2, 0.25) is 0 Å². The molecule has 1 atom stereocenters. The van der Waals surface area contributed by atoms with Gasteiger partial charge in [-0.05, 0) is 24.5 Å². The molecule has 1 unspecified atom stereocenters. The van der Waals surface area contributed by atoms with E-state index in [0.29, 0.717) is 24.6 Å². The Morgan fingerprint density at radius 2 is 2.32 bits per heavy atom. The molecular formula is C12H16N4O3. The number of carbonyl (C=O) groups is 1. The van der Waals surface area contributed by atoms with Crippen LogP contribution < -0.4 is 11.3 Å². The molecular weight excluding hydrogens is 248 g/mol. The summed E-state index contributed by atoms with van der Waals surface area (Å²) in [6, 6.07) is 4.26. The van der Waals surface area contributed by atoms with Crippen LogP contribution in [-0.4, -0.2) is 28.8 Å². The normalized spacial score (nSPS) is 18.4. The molecule has 102 valence electrons. The minimum Gasteiger partial charge on any atom is -0.338 e. The largest absolute Gasteiger partial charge is 0.338 e. The average molecular weight is 264 g/mol. The molecule has 7 nitrogen and oxygen atoms in total. The van der Waals surface area contributed by atoms with Crippen LogP contribution in [0, 0.1) is 16.0 Å². The summed E-state index contributed by atoms with van der Waals surface area (Å²) in [6.07, 6.45) is 0.969. The minimum absolute atomic E-state index is 0.170. The number of hydrazine groups is 1. The number of hydrogen-bond acceptors (Lipinski definition) is 5. The van der Waals surface area contributed by atoms with E-state index < -0.39 is 4.92 Å². The third kappa shape index (κ3) is 2.65. The molecule has 0 aromatic heterocycles. The Hall–Kier alpha value is -2.15. The lowest BCUT2D eigenvalue weighted by molar-refractivity contribution is -0.384. The molecule has 1 fully saturated rings. The highest BCUT2D eigenvalue weighted by atomic mass is 16.6. The van der Waals surface area contributed by atoms with E-state index in [0.717, 1.165) is 6.42 Å². The molecule has 0 saturated carbocycles. The van der Waals surface area contributed by atoms with E-state index in [1.807, 2.05) is 0 Å². The lowest BCUT2D eigenvalue weighted by Crippen LogP contribution is -2.28. The van der Waals surface area contributed by atoms with Gasteiger partial charge >= 0.3 is 0 Å². The number of likely N-dealkylation sites (tertiary alicyclic amines) is 1. The molecule has 7 heteroatoms. The van der Waals surface area contributed by atoms with Crippen molar-refractivity contribution in [3.63, 3.8) is 0 Å². The number of nitrogens with one attached hydrogen (secondary N) is 1. The van der Waals surface area contributed by atoms with E-state index >= 15 is 0 Å². The molecule has 3 N–H and O–H groups in total. The van der Waals surface area contributed by atoms with E-state index in [1.165, 1.54) is 12.1 Å². The second-order valence-electron chi connectivity index (χ2n) is 4.78. The molecule has 0 aliphatic carbocycles.